The lowest BCUT2D eigenvalue weighted by molar-refractivity contribution is -0.133. The molecule has 0 saturated carbocycles. The summed E-state index contributed by atoms with van der Waals surface area (Å²) in [6, 6.07) is 13.4. The van der Waals surface area contributed by atoms with Gasteiger partial charge in [0.15, 0.2) is 0 Å². The minimum atomic E-state index is -0.239. The first kappa shape index (κ1) is 29.1. The molecule has 3 aromatic rings. The Bertz CT molecular complexity index is 1280. The first-order valence-electron chi connectivity index (χ1n) is 14.8. The summed E-state index contributed by atoms with van der Waals surface area (Å²) in [6.45, 7) is 7.31. The maximum atomic E-state index is 13.8. The fraction of sp³-hybridized carbons (Fsp3) is 0.500. The lowest BCUT2D eigenvalue weighted by Gasteiger charge is -2.31. The van der Waals surface area contributed by atoms with Gasteiger partial charge in [-0.2, -0.15) is 11.3 Å². The van der Waals surface area contributed by atoms with E-state index in [9.17, 15) is 9.59 Å². The van der Waals surface area contributed by atoms with Gasteiger partial charge in [-0.05, 0) is 103 Å². The Kier molecular flexibility index (Phi) is 10.1. The average molecular weight is 581 g/mol. The Hall–Kier alpha value is -2.45. The SMILES string of the molecule is CC[C@H](CN1CC[C@H](CNC(=O)c2ccc3cc(Cl)ccc3c2)N[C@H](CCN2CCCCC2)C1=O)c1ccsc1. The second-order valence-corrected chi connectivity index (χ2v) is 12.5. The number of benzene rings is 2. The number of piperidine rings is 1. The quantitative estimate of drug-likeness (QED) is 0.313. The van der Waals surface area contributed by atoms with E-state index < -0.39 is 0 Å². The van der Waals surface area contributed by atoms with Crippen molar-refractivity contribution in [1.29, 1.82) is 0 Å². The van der Waals surface area contributed by atoms with E-state index in [1.165, 1.54) is 24.8 Å². The van der Waals surface area contributed by atoms with E-state index in [2.05, 4.69) is 44.2 Å². The Balaban J connectivity index is 1.25. The number of nitrogens with one attached hydrogen (secondary N) is 2. The molecular formula is C32H41ClN4O2S. The Morgan fingerprint density at radius 3 is 2.67 bits per heavy atom. The standard InChI is InChI=1S/C32H41ClN4O2S/c1-2-23(27-12-17-40-22-27)21-37-16-10-29(35-30(32(37)39)11-15-36-13-4-3-5-14-36)20-34-31(38)26-7-6-25-19-28(33)9-8-24(25)18-26/h6-9,12,17-19,22-23,29-30,35H,2-5,10-11,13-16,20-21H2,1H3,(H,34,38)/t23-,29-,30-/m1/s1. The number of likely N-dealkylation sites (tertiary alicyclic amines) is 1. The number of nitrogens with zero attached hydrogens (tertiary/aromatic N) is 2. The molecule has 0 spiro atoms. The highest BCUT2D eigenvalue weighted by atomic mass is 35.5. The number of thiophene rings is 1. The third-order valence-electron chi connectivity index (χ3n) is 8.50. The van der Waals surface area contributed by atoms with Crippen LogP contribution in [0.15, 0.2) is 53.2 Å². The third-order valence-corrected chi connectivity index (χ3v) is 9.44. The third kappa shape index (κ3) is 7.43. The Morgan fingerprint density at radius 1 is 1.10 bits per heavy atom. The number of amides is 2. The molecule has 2 saturated heterocycles. The van der Waals surface area contributed by atoms with Crippen LogP contribution in [0.4, 0.5) is 0 Å². The molecular weight excluding hydrogens is 540 g/mol. The second kappa shape index (κ2) is 13.9. The summed E-state index contributed by atoms with van der Waals surface area (Å²) in [6.07, 6.45) is 6.40. The predicted molar refractivity (Wildman–Crippen MR) is 165 cm³/mol. The van der Waals surface area contributed by atoms with Gasteiger partial charge >= 0.3 is 0 Å². The van der Waals surface area contributed by atoms with E-state index in [4.69, 9.17) is 11.6 Å². The van der Waals surface area contributed by atoms with E-state index in [-0.39, 0.29) is 23.9 Å². The lowest BCUT2D eigenvalue weighted by Crippen LogP contribution is -2.50. The maximum Gasteiger partial charge on any atom is 0.251 e. The predicted octanol–water partition coefficient (Wildman–Crippen LogP) is 5.91. The molecule has 40 heavy (non-hydrogen) atoms. The topological polar surface area (TPSA) is 64.7 Å². The summed E-state index contributed by atoms with van der Waals surface area (Å²) in [7, 11) is 0. The molecule has 2 N–H and O–H groups in total. The molecule has 2 amide bonds. The smallest absolute Gasteiger partial charge is 0.251 e. The number of carbonyl (C=O) groups is 2. The van der Waals surface area contributed by atoms with Crippen molar-refractivity contribution < 1.29 is 9.59 Å². The van der Waals surface area contributed by atoms with E-state index >= 15 is 0 Å². The highest BCUT2D eigenvalue weighted by molar-refractivity contribution is 7.08. The van der Waals surface area contributed by atoms with Crippen LogP contribution in [0.25, 0.3) is 10.8 Å². The number of hydrogen-bond donors (Lipinski definition) is 2. The van der Waals surface area contributed by atoms with Crippen molar-refractivity contribution in [3.63, 3.8) is 0 Å². The van der Waals surface area contributed by atoms with Crippen LogP contribution in [-0.4, -0.2) is 73.0 Å². The van der Waals surface area contributed by atoms with Gasteiger partial charge < -0.3 is 20.4 Å². The average Bonchev–Trinajstić information content (AvgIpc) is 3.47. The van der Waals surface area contributed by atoms with Crippen LogP contribution in [-0.2, 0) is 4.79 Å². The van der Waals surface area contributed by atoms with Crippen LogP contribution in [0.5, 0.6) is 0 Å². The number of halogens is 1. The molecule has 3 heterocycles. The maximum absolute atomic E-state index is 13.8. The highest BCUT2D eigenvalue weighted by Crippen LogP contribution is 2.25. The first-order valence-corrected chi connectivity index (χ1v) is 16.1. The van der Waals surface area contributed by atoms with Gasteiger partial charge in [-0.3, -0.25) is 9.59 Å². The number of rotatable bonds is 10. The first-order chi connectivity index (χ1) is 19.5. The summed E-state index contributed by atoms with van der Waals surface area (Å²) in [4.78, 5) is 31.5. The zero-order valence-corrected chi connectivity index (χ0v) is 25.0. The molecule has 5 rings (SSSR count). The van der Waals surface area contributed by atoms with Gasteiger partial charge in [0.25, 0.3) is 5.91 Å². The van der Waals surface area contributed by atoms with Crippen LogP contribution in [0, 0.1) is 0 Å². The molecule has 1 aromatic heterocycles. The molecule has 0 radical (unpaired) electrons. The molecule has 2 aromatic carbocycles. The van der Waals surface area contributed by atoms with E-state index in [0.29, 0.717) is 29.6 Å². The summed E-state index contributed by atoms with van der Waals surface area (Å²) >= 11 is 7.83. The fourth-order valence-electron chi connectivity index (χ4n) is 6.04. The molecule has 3 atom stereocenters. The monoisotopic (exact) mass is 580 g/mol. The molecule has 0 bridgehead atoms. The summed E-state index contributed by atoms with van der Waals surface area (Å²) in [5, 5.41) is 13.8. The van der Waals surface area contributed by atoms with Gasteiger partial charge in [-0.1, -0.05) is 37.1 Å². The summed E-state index contributed by atoms with van der Waals surface area (Å²) in [5.41, 5.74) is 1.95. The van der Waals surface area contributed by atoms with Crippen molar-refractivity contribution in [2.24, 2.45) is 0 Å². The molecule has 0 aliphatic carbocycles. The largest absolute Gasteiger partial charge is 0.350 e. The van der Waals surface area contributed by atoms with Gasteiger partial charge in [0, 0.05) is 48.7 Å². The van der Waals surface area contributed by atoms with Crippen LogP contribution >= 0.6 is 22.9 Å². The van der Waals surface area contributed by atoms with Crippen LogP contribution in [0.1, 0.15) is 67.3 Å². The van der Waals surface area contributed by atoms with Gasteiger partial charge in [-0.15, -0.1) is 0 Å². The molecule has 2 aliphatic rings. The van der Waals surface area contributed by atoms with E-state index in [1.54, 1.807) is 11.3 Å². The molecule has 2 aliphatic heterocycles. The molecule has 8 heteroatoms. The molecule has 0 unspecified atom stereocenters. The Morgan fingerprint density at radius 2 is 1.90 bits per heavy atom. The second-order valence-electron chi connectivity index (χ2n) is 11.3. The van der Waals surface area contributed by atoms with Crippen molar-refractivity contribution in [2.45, 2.75) is 63.5 Å². The van der Waals surface area contributed by atoms with E-state index in [0.717, 1.165) is 56.2 Å². The summed E-state index contributed by atoms with van der Waals surface area (Å²) in [5.74, 6) is 0.448. The highest BCUT2D eigenvalue weighted by Gasteiger charge is 2.32. The Labute approximate surface area is 247 Å². The van der Waals surface area contributed by atoms with Crippen molar-refractivity contribution >= 4 is 45.5 Å². The van der Waals surface area contributed by atoms with Crippen LogP contribution < -0.4 is 10.6 Å². The van der Waals surface area contributed by atoms with Crippen molar-refractivity contribution in [3.05, 3.63) is 69.4 Å². The number of carbonyl (C=O) groups excluding carboxylic acids is 2. The normalized spacial score (nSPS) is 21.4. The lowest BCUT2D eigenvalue weighted by atomic mass is 9.98. The van der Waals surface area contributed by atoms with Crippen LogP contribution in [0.2, 0.25) is 5.02 Å². The fourth-order valence-corrected chi connectivity index (χ4v) is 6.97. The minimum absolute atomic E-state index is 0.0322. The van der Waals surface area contributed by atoms with Gasteiger partial charge in [0.2, 0.25) is 5.91 Å². The van der Waals surface area contributed by atoms with Crippen LogP contribution in [0.3, 0.4) is 0 Å². The van der Waals surface area contributed by atoms with Crippen molar-refractivity contribution in [2.75, 3.05) is 39.3 Å². The minimum Gasteiger partial charge on any atom is -0.350 e. The van der Waals surface area contributed by atoms with Crippen molar-refractivity contribution in [1.82, 2.24) is 20.4 Å². The van der Waals surface area contributed by atoms with Gasteiger partial charge in [-0.25, -0.2) is 0 Å². The number of hydrogen-bond acceptors (Lipinski definition) is 5. The molecule has 6 nitrogen and oxygen atoms in total. The van der Waals surface area contributed by atoms with Crippen molar-refractivity contribution in [3.8, 4) is 0 Å². The molecule has 214 valence electrons. The zero-order chi connectivity index (χ0) is 27.9. The van der Waals surface area contributed by atoms with Gasteiger partial charge in [0.1, 0.15) is 0 Å². The van der Waals surface area contributed by atoms with Gasteiger partial charge in [0.05, 0.1) is 6.04 Å². The number of fused-ring (bicyclic) bond motifs is 1. The van der Waals surface area contributed by atoms with E-state index in [1.807, 2.05) is 36.4 Å². The zero-order valence-electron chi connectivity index (χ0n) is 23.4. The summed E-state index contributed by atoms with van der Waals surface area (Å²) < 4.78 is 0. The molecule has 2 fully saturated rings.